The van der Waals surface area contributed by atoms with Crippen LogP contribution in [0.15, 0.2) is 73.1 Å². The molecule has 5 nitrogen and oxygen atoms in total. The van der Waals surface area contributed by atoms with Crippen LogP contribution in [0.4, 0.5) is 0 Å². The molecule has 0 fully saturated rings. The molecule has 2 heterocycles. The number of hydrogen-bond donors (Lipinski definition) is 2. The Morgan fingerprint density at radius 2 is 1.93 bits per heavy atom. The predicted octanol–water partition coefficient (Wildman–Crippen LogP) is 4.31. The average Bonchev–Trinajstić information content (AvgIpc) is 3.09. The number of pyridine rings is 1. The fourth-order valence-corrected chi connectivity index (χ4v) is 2.97. The van der Waals surface area contributed by atoms with Crippen LogP contribution in [0.2, 0.25) is 0 Å². The van der Waals surface area contributed by atoms with Gasteiger partial charge in [0.2, 0.25) is 0 Å². The van der Waals surface area contributed by atoms with Crippen LogP contribution < -0.4 is 0 Å². The number of carboxylic acid groups (broad SMARTS) is 1. The van der Waals surface area contributed by atoms with Gasteiger partial charge in [-0.15, -0.1) is 0 Å². The number of aliphatic carboxylic acids is 1. The van der Waals surface area contributed by atoms with Crippen LogP contribution in [0.1, 0.15) is 17.0 Å². The van der Waals surface area contributed by atoms with Gasteiger partial charge in [0.1, 0.15) is 5.82 Å². The molecule has 2 aromatic carbocycles. The van der Waals surface area contributed by atoms with Crippen molar-refractivity contribution in [3.8, 4) is 11.1 Å². The summed E-state index contributed by atoms with van der Waals surface area (Å²) >= 11 is 0. The van der Waals surface area contributed by atoms with Gasteiger partial charge >= 0.3 is 5.97 Å². The molecule has 0 bridgehead atoms. The van der Waals surface area contributed by atoms with Crippen LogP contribution >= 0.6 is 0 Å². The number of nitrogens with one attached hydrogen (secondary N) is 1. The minimum absolute atomic E-state index is 0.680. The van der Waals surface area contributed by atoms with Crippen LogP contribution in [0.5, 0.6) is 0 Å². The van der Waals surface area contributed by atoms with E-state index in [1.807, 2.05) is 54.7 Å². The van der Waals surface area contributed by atoms with Crippen molar-refractivity contribution in [3.05, 3.63) is 90.0 Å². The molecule has 5 heteroatoms. The quantitative estimate of drug-likeness (QED) is 0.523. The molecule has 0 spiro atoms. The van der Waals surface area contributed by atoms with Crippen molar-refractivity contribution in [1.82, 2.24) is 15.0 Å². The summed E-state index contributed by atoms with van der Waals surface area (Å²) in [5.74, 6) is -0.0610. The van der Waals surface area contributed by atoms with Crippen molar-refractivity contribution in [1.29, 1.82) is 0 Å². The summed E-state index contributed by atoms with van der Waals surface area (Å²) in [5, 5.41) is 8.68. The van der Waals surface area contributed by atoms with Gasteiger partial charge in [-0.05, 0) is 41.0 Å². The topological polar surface area (TPSA) is 78.9 Å². The summed E-state index contributed by atoms with van der Waals surface area (Å²) in [5.41, 5.74) is 6.05. The van der Waals surface area contributed by atoms with Crippen LogP contribution in [0, 0.1) is 0 Å². The van der Waals surface area contributed by atoms with E-state index in [-0.39, 0.29) is 0 Å². The molecule has 2 aromatic heterocycles. The fraction of sp³-hybridized carbons (Fsp3) is 0.0455. The number of benzene rings is 2. The van der Waals surface area contributed by atoms with E-state index in [9.17, 15) is 4.79 Å². The van der Waals surface area contributed by atoms with Gasteiger partial charge < -0.3 is 10.1 Å². The molecule has 2 N–H and O–H groups in total. The normalized spacial score (nSPS) is 11.3. The largest absolute Gasteiger partial charge is 0.478 e. The lowest BCUT2D eigenvalue weighted by Crippen LogP contribution is -1.91. The van der Waals surface area contributed by atoms with E-state index in [0.717, 1.165) is 45.2 Å². The number of nitrogens with zero attached hydrogens (tertiary/aromatic N) is 2. The van der Waals surface area contributed by atoms with Crippen LogP contribution in [-0.4, -0.2) is 26.0 Å². The first-order chi connectivity index (χ1) is 13.2. The number of H-pyrrole nitrogens is 1. The molecule has 0 saturated heterocycles. The number of rotatable bonds is 5. The maximum Gasteiger partial charge on any atom is 0.328 e. The fourth-order valence-electron chi connectivity index (χ4n) is 2.97. The first-order valence-corrected chi connectivity index (χ1v) is 8.56. The second kappa shape index (κ2) is 7.25. The number of imidazole rings is 1. The van der Waals surface area contributed by atoms with E-state index in [0.29, 0.717) is 6.42 Å². The van der Waals surface area contributed by atoms with Crippen molar-refractivity contribution in [2.45, 2.75) is 6.42 Å². The van der Waals surface area contributed by atoms with E-state index in [2.05, 4.69) is 21.0 Å². The van der Waals surface area contributed by atoms with Gasteiger partial charge in [-0.1, -0.05) is 36.4 Å². The summed E-state index contributed by atoms with van der Waals surface area (Å²) in [6.45, 7) is 0. The minimum Gasteiger partial charge on any atom is -0.478 e. The summed E-state index contributed by atoms with van der Waals surface area (Å²) in [7, 11) is 0. The highest BCUT2D eigenvalue weighted by Gasteiger charge is 2.06. The first-order valence-electron chi connectivity index (χ1n) is 8.56. The molecule has 0 aliphatic rings. The second-order valence-corrected chi connectivity index (χ2v) is 6.25. The van der Waals surface area contributed by atoms with Gasteiger partial charge in [0.25, 0.3) is 0 Å². The lowest BCUT2D eigenvalue weighted by molar-refractivity contribution is -0.131. The molecule has 0 unspecified atom stereocenters. The Morgan fingerprint density at radius 3 is 2.67 bits per heavy atom. The molecular formula is C22H17N3O2. The number of aromatic nitrogens is 3. The number of carbonyl (C=O) groups is 1. The number of hydrogen-bond acceptors (Lipinski definition) is 3. The smallest absolute Gasteiger partial charge is 0.328 e. The molecule has 0 amide bonds. The minimum atomic E-state index is -0.952. The molecule has 132 valence electrons. The Labute approximate surface area is 156 Å². The van der Waals surface area contributed by atoms with E-state index in [1.54, 1.807) is 12.3 Å². The zero-order valence-corrected chi connectivity index (χ0v) is 14.5. The van der Waals surface area contributed by atoms with Gasteiger partial charge in [0.05, 0.1) is 11.0 Å². The highest BCUT2D eigenvalue weighted by molar-refractivity contribution is 5.85. The lowest BCUT2D eigenvalue weighted by atomic mass is 10.1. The van der Waals surface area contributed by atoms with E-state index >= 15 is 0 Å². The Bertz CT molecular complexity index is 1110. The molecule has 0 aliphatic carbocycles. The average molecular weight is 355 g/mol. The molecular weight excluding hydrogens is 338 g/mol. The number of carboxylic acids is 1. The van der Waals surface area contributed by atoms with Gasteiger partial charge in [0.15, 0.2) is 0 Å². The Balaban J connectivity index is 1.55. The summed E-state index contributed by atoms with van der Waals surface area (Å²) in [6.07, 6.45) is 7.00. The van der Waals surface area contributed by atoms with Gasteiger partial charge in [-0.2, -0.15) is 0 Å². The summed E-state index contributed by atoms with van der Waals surface area (Å²) < 4.78 is 0. The molecule has 0 saturated carbocycles. The molecule has 4 aromatic rings. The van der Waals surface area contributed by atoms with E-state index in [4.69, 9.17) is 5.11 Å². The molecule has 4 rings (SSSR count). The maximum absolute atomic E-state index is 10.6. The molecule has 0 aliphatic heterocycles. The van der Waals surface area contributed by atoms with E-state index in [1.165, 1.54) is 0 Å². The third-order valence-corrected chi connectivity index (χ3v) is 4.30. The monoisotopic (exact) mass is 355 g/mol. The molecule has 0 radical (unpaired) electrons. The number of fused-ring (bicyclic) bond motifs is 1. The zero-order chi connectivity index (χ0) is 18.6. The van der Waals surface area contributed by atoms with Gasteiger partial charge in [0, 0.05) is 30.5 Å². The standard InChI is InChI=1S/C22H17N3O2/c26-22(27)10-7-15-3-5-16(6-4-15)12-21-24-19-9-8-17(13-20(19)25-21)18-2-1-11-23-14-18/h1-11,13-14H,12H2,(H,24,25)(H,26,27)/b10-7+. The first kappa shape index (κ1) is 16.7. The Kier molecular flexibility index (Phi) is 4.49. The highest BCUT2D eigenvalue weighted by atomic mass is 16.4. The zero-order valence-electron chi connectivity index (χ0n) is 14.5. The summed E-state index contributed by atoms with van der Waals surface area (Å²) in [6, 6.07) is 17.9. The molecule has 27 heavy (non-hydrogen) atoms. The van der Waals surface area contributed by atoms with Crippen LogP contribution in [0.25, 0.3) is 28.2 Å². The van der Waals surface area contributed by atoms with E-state index < -0.39 is 5.97 Å². The Morgan fingerprint density at radius 1 is 1.07 bits per heavy atom. The third kappa shape index (κ3) is 3.93. The van der Waals surface area contributed by atoms with Crippen molar-refractivity contribution in [2.75, 3.05) is 0 Å². The van der Waals surface area contributed by atoms with Crippen LogP contribution in [-0.2, 0) is 11.2 Å². The molecule has 0 atom stereocenters. The lowest BCUT2D eigenvalue weighted by Gasteiger charge is -2.00. The highest BCUT2D eigenvalue weighted by Crippen LogP contribution is 2.23. The Hall–Kier alpha value is -3.73. The van der Waals surface area contributed by atoms with Gasteiger partial charge in [-0.3, -0.25) is 4.98 Å². The second-order valence-electron chi connectivity index (χ2n) is 6.25. The van der Waals surface area contributed by atoms with Gasteiger partial charge in [-0.25, -0.2) is 9.78 Å². The SMILES string of the molecule is O=C(O)/C=C/c1ccc(Cc2nc3ccc(-c4cccnc4)cc3[nH]2)cc1. The van der Waals surface area contributed by atoms with Crippen molar-refractivity contribution < 1.29 is 9.90 Å². The van der Waals surface area contributed by atoms with Crippen LogP contribution in [0.3, 0.4) is 0 Å². The van der Waals surface area contributed by atoms with Crippen molar-refractivity contribution in [3.63, 3.8) is 0 Å². The summed E-state index contributed by atoms with van der Waals surface area (Å²) in [4.78, 5) is 22.8. The third-order valence-electron chi connectivity index (χ3n) is 4.30. The van der Waals surface area contributed by atoms with Crippen molar-refractivity contribution >= 4 is 23.1 Å². The maximum atomic E-state index is 10.6. The number of aromatic amines is 1. The van der Waals surface area contributed by atoms with Crippen molar-refractivity contribution in [2.24, 2.45) is 0 Å². The predicted molar refractivity (Wildman–Crippen MR) is 105 cm³/mol.